The number of nitrogens with one attached hydrogen (secondary N) is 1. The molecule has 1 aliphatic rings. The smallest absolute Gasteiger partial charge is 0.137 e. The molecule has 0 bridgehead atoms. The predicted molar refractivity (Wildman–Crippen MR) is 122 cm³/mol. The van der Waals surface area contributed by atoms with Crippen molar-refractivity contribution in [3.63, 3.8) is 0 Å². The number of piperazine rings is 1. The molecule has 1 saturated heterocycles. The van der Waals surface area contributed by atoms with Crippen LogP contribution >= 0.6 is 11.3 Å². The van der Waals surface area contributed by atoms with Crippen LogP contribution in [0, 0.1) is 0 Å². The van der Waals surface area contributed by atoms with Crippen molar-refractivity contribution < 1.29 is 0 Å². The molecule has 0 saturated carbocycles. The summed E-state index contributed by atoms with van der Waals surface area (Å²) in [4.78, 5) is 15.7. The molecule has 0 spiro atoms. The third-order valence-corrected chi connectivity index (χ3v) is 6.62. The number of hydrogen-bond donors (Lipinski definition) is 1. The number of imidazole rings is 1. The fourth-order valence-corrected chi connectivity index (χ4v) is 4.99. The van der Waals surface area contributed by atoms with Gasteiger partial charge in [0.1, 0.15) is 12.0 Å². The van der Waals surface area contributed by atoms with E-state index in [1.54, 1.807) is 17.7 Å². The van der Waals surface area contributed by atoms with Crippen LogP contribution in [0.3, 0.4) is 0 Å². The molecule has 0 aliphatic carbocycles. The van der Waals surface area contributed by atoms with Crippen LogP contribution in [-0.4, -0.2) is 45.5 Å². The van der Waals surface area contributed by atoms with E-state index in [1.165, 1.54) is 16.8 Å². The third-order valence-electron chi connectivity index (χ3n) is 5.71. The molecule has 1 N–H and O–H groups in total. The van der Waals surface area contributed by atoms with E-state index in [4.69, 9.17) is 0 Å². The highest BCUT2D eigenvalue weighted by atomic mass is 32.1. The average molecular weight is 413 g/mol. The Hall–Kier alpha value is -3.29. The second kappa shape index (κ2) is 7.19. The minimum absolute atomic E-state index is 0.932. The van der Waals surface area contributed by atoms with Crippen LogP contribution in [0.5, 0.6) is 0 Å². The van der Waals surface area contributed by atoms with Gasteiger partial charge in [0.05, 0.1) is 22.1 Å². The second-order valence-electron chi connectivity index (χ2n) is 7.46. The van der Waals surface area contributed by atoms with E-state index in [2.05, 4.69) is 77.5 Å². The van der Waals surface area contributed by atoms with Gasteiger partial charge in [-0.3, -0.25) is 4.40 Å². The van der Waals surface area contributed by atoms with Crippen LogP contribution in [0.15, 0.2) is 66.7 Å². The summed E-state index contributed by atoms with van der Waals surface area (Å²) in [5, 5.41) is 5.53. The molecule has 148 valence electrons. The van der Waals surface area contributed by atoms with Gasteiger partial charge in [0.15, 0.2) is 0 Å². The van der Waals surface area contributed by atoms with Crippen molar-refractivity contribution in [1.29, 1.82) is 0 Å². The van der Waals surface area contributed by atoms with E-state index >= 15 is 0 Å². The fourth-order valence-electron chi connectivity index (χ4n) is 4.11. The Bertz CT molecular complexity index is 1330. The first-order valence-electron chi connectivity index (χ1n) is 10.1. The van der Waals surface area contributed by atoms with E-state index in [0.29, 0.717) is 0 Å². The van der Waals surface area contributed by atoms with Crippen molar-refractivity contribution in [2.24, 2.45) is 0 Å². The van der Waals surface area contributed by atoms with E-state index < -0.39 is 0 Å². The molecule has 5 heterocycles. The minimum atomic E-state index is 0.932. The average Bonchev–Trinajstić information content (AvgIpc) is 3.43. The predicted octanol–water partition coefficient (Wildman–Crippen LogP) is 4.08. The van der Waals surface area contributed by atoms with Crippen molar-refractivity contribution >= 4 is 32.9 Å². The summed E-state index contributed by atoms with van der Waals surface area (Å²) in [6, 6.07) is 13.2. The molecule has 6 nitrogen and oxygen atoms in total. The first kappa shape index (κ1) is 17.6. The summed E-state index contributed by atoms with van der Waals surface area (Å²) in [6.45, 7) is 4.22. The van der Waals surface area contributed by atoms with Crippen LogP contribution in [0.1, 0.15) is 0 Å². The number of benzene rings is 1. The van der Waals surface area contributed by atoms with Crippen LogP contribution in [0.4, 0.5) is 5.69 Å². The number of nitrogens with zero attached hydrogens (tertiary/aromatic N) is 5. The third kappa shape index (κ3) is 2.94. The van der Waals surface area contributed by atoms with Crippen LogP contribution in [-0.2, 0) is 0 Å². The monoisotopic (exact) mass is 412 g/mol. The summed E-state index contributed by atoms with van der Waals surface area (Å²) < 4.78 is 3.21. The molecular weight excluding hydrogens is 392 g/mol. The van der Waals surface area contributed by atoms with E-state index in [0.717, 1.165) is 53.3 Å². The topological polar surface area (TPSA) is 58.4 Å². The lowest BCUT2D eigenvalue weighted by Crippen LogP contribution is -2.43. The van der Waals surface area contributed by atoms with Gasteiger partial charge in [-0.1, -0.05) is 12.1 Å². The fraction of sp³-hybridized carbons (Fsp3) is 0.174. The lowest BCUT2D eigenvalue weighted by Gasteiger charge is -2.29. The number of anilines is 1. The SMILES string of the molecule is c1ncc2scc(-c3cnc4cc(-c5ccc(N6CCNCC6)cc5)ccn34)c2n1. The number of fused-ring (bicyclic) bond motifs is 2. The number of rotatable bonds is 3. The van der Waals surface area contributed by atoms with Gasteiger partial charge in [-0.15, -0.1) is 11.3 Å². The molecule has 0 unspecified atom stereocenters. The van der Waals surface area contributed by atoms with Crippen molar-refractivity contribution in [2.75, 3.05) is 31.1 Å². The Morgan fingerprint density at radius 1 is 0.933 bits per heavy atom. The summed E-state index contributed by atoms with van der Waals surface area (Å²) in [7, 11) is 0. The molecule has 1 aromatic carbocycles. The molecule has 5 aromatic rings. The van der Waals surface area contributed by atoms with E-state index in [9.17, 15) is 0 Å². The van der Waals surface area contributed by atoms with Gasteiger partial charge in [0, 0.05) is 55.2 Å². The van der Waals surface area contributed by atoms with Gasteiger partial charge in [0.25, 0.3) is 0 Å². The van der Waals surface area contributed by atoms with Crippen molar-refractivity contribution in [3.8, 4) is 22.4 Å². The Balaban J connectivity index is 1.34. The molecule has 0 atom stereocenters. The zero-order valence-electron chi connectivity index (χ0n) is 16.3. The zero-order valence-corrected chi connectivity index (χ0v) is 17.1. The molecule has 6 rings (SSSR count). The first-order chi connectivity index (χ1) is 14.9. The second-order valence-corrected chi connectivity index (χ2v) is 8.37. The molecular formula is C23H20N6S. The molecule has 30 heavy (non-hydrogen) atoms. The lowest BCUT2D eigenvalue weighted by molar-refractivity contribution is 0.589. The van der Waals surface area contributed by atoms with E-state index in [-0.39, 0.29) is 0 Å². The quantitative estimate of drug-likeness (QED) is 0.484. The van der Waals surface area contributed by atoms with Gasteiger partial charge in [-0.2, -0.15) is 0 Å². The summed E-state index contributed by atoms with van der Waals surface area (Å²) in [5.41, 5.74) is 7.72. The highest BCUT2D eigenvalue weighted by molar-refractivity contribution is 7.17. The van der Waals surface area contributed by atoms with Gasteiger partial charge in [0.2, 0.25) is 0 Å². The van der Waals surface area contributed by atoms with Crippen molar-refractivity contribution in [2.45, 2.75) is 0 Å². The highest BCUT2D eigenvalue weighted by Crippen LogP contribution is 2.33. The van der Waals surface area contributed by atoms with Crippen LogP contribution < -0.4 is 10.2 Å². The van der Waals surface area contributed by atoms with Gasteiger partial charge in [-0.05, 0) is 35.4 Å². The summed E-state index contributed by atoms with van der Waals surface area (Å²) >= 11 is 1.66. The maximum atomic E-state index is 4.67. The van der Waals surface area contributed by atoms with E-state index in [1.807, 2.05) is 12.4 Å². The highest BCUT2D eigenvalue weighted by Gasteiger charge is 2.14. The van der Waals surface area contributed by atoms with Gasteiger partial charge >= 0.3 is 0 Å². The Morgan fingerprint density at radius 3 is 2.67 bits per heavy atom. The van der Waals surface area contributed by atoms with Gasteiger partial charge < -0.3 is 10.2 Å². The number of pyridine rings is 1. The summed E-state index contributed by atoms with van der Waals surface area (Å²) in [5.74, 6) is 0. The molecule has 7 heteroatoms. The molecule has 4 aromatic heterocycles. The molecule has 0 radical (unpaired) electrons. The normalized spacial score (nSPS) is 14.6. The molecule has 1 aliphatic heterocycles. The Labute approximate surface area is 177 Å². The lowest BCUT2D eigenvalue weighted by atomic mass is 10.1. The number of aromatic nitrogens is 4. The van der Waals surface area contributed by atoms with Crippen molar-refractivity contribution in [1.82, 2.24) is 24.7 Å². The number of hydrogen-bond acceptors (Lipinski definition) is 6. The Kier molecular flexibility index (Phi) is 4.21. The maximum absolute atomic E-state index is 4.67. The molecule has 0 amide bonds. The standard InChI is InChI=1S/C23H20N6S/c1-3-18(28-9-6-24-7-10-28)4-2-16(1)17-5-8-29-20(12-26-22(29)11-17)19-14-30-21-13-25-15-27-23(19)21/h1-5,8,11-15,24H,6-7,9-10H2. The minimum Gasteiger partial charge on any atom is -0.369 e. The van der Waals surface area contributed by atoms with Crippen LogP contribution in [0.25, 0.3) is 38.2 Å². The summed E-state index contributed by atoms with van der Waals surface area (Å²) in [6.07, 6.45) is 7.49. The maximum Gasteiger partial charge on any atom is 0.137 e. The van der Waals surface area contributed by atoms with Crippen LogP contribution in [0.2, 0.25) is 0 Å². The number of thiophene rings is 1. The zero-order chi connectivity index (χ0) is 19.9. The first-order valence-corrected chi connectivity index (χ1v) is 11.0. The Morgan fingerprint density at radius 2 is 1.80 bits per heavy atom. The largest absolute Gasteiger partial charge is 0.369 e. The van der Waals surface area contributed by atoms with Crippen molar-refractivity contribution in [3.05, 3.63) is 66.7 Å². The molecule has 1 fully saturated rings. The van der Waals surface area contributed by atoms with Gasteiger partial charge in [-0.25, -0.2) is 15.0 Å².